The van der Waals surface area contributed by atoms with Crippen molar-refractivity contribution in [2.75, 3.05) is 0 Å². The molecule has 0 radical (unpaired) electrons. The fourth-order valence-corrected chi connectivity index (χ4v) is 8.34. The molecule has 3 heteroatoms. The van der Waals surface area contributed by atoms with Gasteiger partial charge in [0.2, 0.25) is 0 Å². The average molecular weight is 712 g/mol. The molecule has 0 spiro atoms. The van der Waals surface area contributed by atoms with E-state index in [0.29, 0.717) is 17.5 Å². The van der Waals surface area contributed by atoms with Gasteiger partial charge in [-0.3, -0.25) is 0 Å². The third-order valence-electron chi connectivity index (χ3n) is 11.1. The molecule has 0 N–H and O–H groups in total. The van der Waals surface area contributed by atoms with E-state index >= 15 is 0 Å². The van der Waals surface area contributed by atoms with E-state index in [1.54, 1.807) is 0 Å². The Morgan fingerprint density at radius 1 is 0.214 bits per heavy atom. The van der Waals surface area contributed by atoms with Crippen molar-refractivity contribution in [1.29, 1.82) is 0 Å². The van der Waals surface area contributed by atoms with Crippen molar-refractivity contribution in [3.05, 3.63) is 200 Å². The van der Waals surface area contributed by atoms with Crippen LogP contribution >= 0.6 is 0 Å². The summed E-state index contributed by atoms with van der Waals surface area (Å²) in [6, 6.07) is 71.4. The molecule has 0 saturated heterocycles. The van der Waals surface area contributed by atoms with Gasteiger partial charge in [0, 0.05) is 16.7 Å². The van der Waals surface area contributed by atoms with E-state index in [2.05, 4.69) is 140 Å². The van der Waals surface area contributed by atoms with Gasteiger partial charge >= 0.3 is 0 Å². The molecule has 11 aromatic rings. The van der Waals surface area contributed by atoms with Gasteiger partial charge < -0.3 is 0 Å². The molecule has 0 amide bonds. The highest BCUT2D eigenvalue weighted by atomic mass is 15.0. The van der Waals surface area contributed by atoms with Crippen molar-refractivity contribution < 1.29 is 0 Å². The molecule has 0 aliphatic rings. The summed E-state index contributed by atoms with van der Waals surface area (Å²) in [6.07, 6.45) is 0. The summed E-state index contributed by atoms with van der Waals surface area (Å²) >= 11 is 0. The standard InChI is InChI=1S/C53H33N3/c1-3-11-39(12-4-1)51-54-52(40-13-5-2-6-14-40)56-53(55-51)41-29-25-35(26-30-41)34-21-23-36(24-22-34)42-31-32-45-47-20-10-16-38-28-27-37-15-9-19-46(49(37)50(38)47)43-17-7-8-18-44(43)48(45)33-42/h1-33H. The molecule has 0 fully saturated rings. The van der Waals surface area contributed by atoms with Gasteiger partial charge in [0.15, 0.2) is 17.5 Å². The van der Waals surface area contributed by atoms with E-state index in [0.717, 1.165) is 27.8 Å². The van der Waals surface area contributed by atoms with E-state index < -0.39 is 0 Å². The largest absolute Gasteiger partial charge is 0.208 e. The van der Waals surface area contributed by atoms with Gasteiger partial charge in [-0.1, -0.05) is 194 Å². The summed E-state index contributed by atoms with van der Waals surface area (Å²) in [5.41, 5.74) is 7.52. The summed E-state index contributed by atoms with van der Waals surface area (Å²) in [4.78, 5) is 14.7. The van der Waals surface area contributed by atoms with Crippen LogP contribution in [0, 0.1) is 0 Å². The molecule has 1 aromatic heterocycles. The van der Waals surface area contributed by atoms with Crippen LogP contribution in [0.4, 0.5) is 0 Å². The van der Waals surface area contributed by atoms with Crippen molar-refractivity contribution in [1.82, 2.24) is 15.0 Å². The molecule has 0 aliphatic carbocycles. The third-order valence-corrected chi connectivity index (χ3v) is 11.1. The van der Waals surface area contributed by atoms with E-state index in [1.165, 1.54) is 65.0 Å². The average Bonchev–Trinajstić information content (AvgIpc) is 3.28. The van der Waals surface area contributed by atoms with E-state index in [-0.39, 0.29) is 0 Å². The van der Waals surface area contributed by atoms with Crippen LogP contribution < -0.4 is 0 Å². The maximum Gasteiger partial charge on any atom is 0.164 e. The minimum Gasteiger partial charge on any atom is -0.208 e. The van der Waals surface area contributed by atoms with Crippen LogP contribution in [0.2, 0.25) is 0 Å². The molecule has 260 valence electrons. The fourth-order valence-electron chi connectivity index (χ4n) is 8.34. The highest BCUT2D eigenvalue weighted by molar-refractivity contribution is 6.32. The quantitative estimate of drug-likeness (QED) is 0.167. The Labute approximate surface area is 324 Å². The summed E-state index contributed by atoms with van der Waals surface area (Å²) < 4.78 is 0. The third kappa shape index (κ3) is 5.40. The number of hydrogen-bond donors (Lipinski definition) is 0. The lowest BCUT2D eigenvalue weighted by atomic mass is 9.89. The second-order valence-electron chi connectivity index (χ2n) is 14.4. The first kappa shape index (κ1) is 32.0. The topological polar surface area (TPSA) is 38.7 Å². The molecular formula is C53H33N3. The van der Waals surface area contributed by atoms with Crippen molar-refractivity contribution >= 4 is 53.9 Å². The molecule has 0 aliphatic heterocycles. The fraction of sp³-hybridized carbons (Fsp3) is 0. The zero-order chi connectivity index (χ0) is 37.0. The minimum atomic E-state index is 0.650. The van der Waals surface area contributed by atoms with Gasteiger partial charge in [-0.05, 0) is 82.2 Å². The lowest BCUT2D eigenvalue weighted by Crippen LogP contribution is -2.00. The predicted molar refractivity (Wildman–Crippen MR) is 235 cm³/mol. The highest BCUT2D eigenvalue weighted by Gasteiger charge is 2.15. The SMILES string of the molecule is c1ccc(-c2nc(-c3ccccc3)nc(-c3ccc(-c4ccc(-c5ccc6c(c5)c5ccccc5c5cccc7ccc8cccc6c8c75)cc4)cc3)n2)cc1. The molecule has 3 nitrogen and oxygen atoms in total. The normalized spacial score (nSPS) is 11.6. The van der Waals surface area contributed by atoms with E-state index in [4.69, 9.17) is 15.0 Å². The van der Waals surface area contributed by atoms with Crippen molar-refractivity contribution in [3.8, 4) is 56.4 Å². The maximum atomic E-state index is 4.91. The smallest absolute Gasteiger partial charge is 0.164 e. The second kappa shape index (κ2) is 13.1. The van der Waals surface area contributed by atoms with Crippen LogP contribution in [0.1, 0.15) is 0 Å². The summed E-state index contributed by atoms with van der Waals surface area (Å²) in [6.45, 7) is 0. The molecule has 0 saturated carbocycles. The zero-order valence-electron chi connectivity index (χ0n) is 30.4. The van der Waals surface area contributed by atoms with Crippen LogP contribution in [0.3, 0.4) is 0 Å². The molecule has 56 heavy (non-hydrogen) atoms. The first-order valence-corrected chi connectivity index (χ1v) is 19.0. The van der Waals surface area contributed by atoms with Crippen LogP contribution in [0.25, 0.3) is 110 Å². The molecule has 0 unspecified atom stereocenters. The van der Waals surface area contributed by atoms with Gasteiger partial charge in [-0.25, -0.2) is 15.0 Å². The lowest BCUT2D eigenvalue weighted by Gasteiger charge is -2.14. The number of benzene rings is 9. The van der Waals surface area contributed by atoms with Crippen LogP contribution in [0.5, 0.6) is 0 Å². The van der Waals surface area contributed by atoms with Gasteiger partial charge in [-0.15, -0.1) is 0 Å². The maximum absolute atomic E-state index is 4.91. The molecule has 1 heterocycles. The Bertz CT molecular complexity index is 3210. The van der Waals surface area contributed by atoms with Crippen LogP contribution in [-0.2, 0) is 0 Å². The van der Waals surface area contributed by atoms with Crippen molar-refractivity contribution in [3.63, 3.8) is 0 Å². The van der Waals surface area contributed by atoms with Crippen molar-refractivity contribution in [2.45, 2.75) is 0 Å². The minimum absolute atomic E-state index is 0.650. The number of aromatic nitrogens is 3. The highest BCUT2D eigenvalue weighted by Crippen LogP contribution is 2.41. The first-order valence-electron chi connectivity index (χ1n) is 19.0. The molecule has 0 bridgehead atoms. The van der Waals surface area contributed by atoms with Gasteiger partial charge in [-0.2, -0.15) is 0 Å². The van der Waals surface area contributed by atoms with Crippen LogP contribution in [-0.4, -0.2) is 15.0 Å². The Hall–Kier alpha value is -7.49. The zero-order valence-corrected chi connectivity index (χ0v) is 30.4. The van der Waals surface area contributed by atoms with Gasteiger partial charge in [0.25, 0.3) is 0 Å². The van der Waals surface area contributed by atoms with Crippen molar-refractivity contribution in [2.24, 2.45) is 0 Å². The van der Waals surface area contributed by atoms with E-state index in [9.17, 15) is 0 Å². The monoisotopic (exact) mass is 711 g/mol. The number of rotatable bonds is 5. The Kier molecular flexibility index (Phi) is 7.49. The molecular weight excluding hydrogens is 679 g/mol. The summed E-state index contributed by atoms with van der Waals surface area (Å²) in [5.74, 6) is 1.96. The van der Waals surface area contributed by atoms with Gasteiger partial charge in [0.05, 0.1) is 0 Å². The number of nitrogens with zero attached hydrogens (tertiary/aromatic N) is 3. The summed E-state index contributed by atoms with van der Waals surface area (Å²) in [5, 5.41) is 12.8. The Morgan fingerprint density at radius 3 is 1.07 bits per heavy atom. The molecule has 10 aromatic carbocycles. The lowest BCUT2D eigenvalue weighted by molar-refractivity contribution is 1.07. The first-order chi connectivity index (χ1) is 27.7. The van der Waals surface area contributed by atoms with E-state index in [1.807, 2.05) is 60.7 Å². The Balaban J connectivity index is 0.981. The molecule has 11 rings (SSSR count). The van der Waals surface area contributed by atoms with Gasteiger partial charge in [0.1, 0.15) is 0 Å². The molecule has 0 atom stereocenters. The van der Waals surface area contributed by atoms with Crippen LogP contribution in [0.15, 0.2) is 200 Å². The number of hydrogen-bond acceptors (Lipinski definition) is 3. The summed E-state index contributed by atoms with van der Waals surface area (Å²) in [7, 11) is 0. The number of fused-ring (bicyclic) bond motifs is 5. The second-order valence-corrected chi connectivity index (χ2v) is 14.4. The Morgan fingerprint density at radius 2 is 0.571 bits per heavy atom. The predicted octanol–water partition coefficient (Wildman–Crippen LogP) is 14.0.